The van der Waals surface area contributed by atoms with Crippen LogP contribution in [-0.2, 0) is 9.59 Å². The first-order valence-corrected chi connectivity index (χ1v) is 9.17. The molecule has 7 heteroatoms. The van der Waals surface area contributed by atoms with Gasteiger partial charge in [0.1, 0.15) is 0 Å². The van der Waals surface area contributed by atoms with E-state index in [-0.39, 0.29) is 11.8 Å². The van der Waals surface area contributed by atoms with E-state index in [9.17, 15) is 9.59 Å². The molecule has 0 atom stereocenters. The number of rotatable bonds is 3. The van der Waals surface area contributed by atoms with Gasteiger partial charge in [0.05, 0.1) is 17.3 Å². The van der Waals surface area contributed by atoms with Gasteiger partial charge in [0, 0.05) is 59.3 Å². The number of amides is 2. The van der Waals surface area contributed by atoms with Gasteiger partial charge in [0.2, 0.25) is 11.8 Å². The van der Waals surface area contributed by atoms with Crippen LogP contribution in [0.4, 0.5) is 5.69 Å². The summed E-state index contributed by atoms with van der Waals surface area (Å²) in [6.45, 7) is 8.03. The molecule has 2 aliphatic heterocycles. The number of nitrogens with zero attached hydrogens (tertiary/aromatic N) is 4. The summed E-state index contributed by atoms with van der Waals surface area (Å²) in [7, 11) is 0. The molecule has 1 aromatic carbocycles. The third-order valence-electron chi connectivity index (χ3n) is 5.00. The average molecular weight is 365 g/mol. The van der Waals surface area contributed by atoms with Crippen molar-refractivity contribution in [3.63, 3.8) is 0 Å². The van der Waals surface area contributed by atoms with E-state index in [1.54, 1.807) is 11.8 Å². The zero-order chi connectivity index (χ0) is 17.8. The molecule has 0 bridgehead atoms. The molecule has 1 aromatic rings. The molecule has 6 nitrogen and oxygen atoms in total. The molecular weight excluding hydrogens is 340 g/mol. The van der Waals surface area contributed by atoms with Crippen LogP contribution in [-0.4, -0.2) is 85.4 Å². The van der Waals surface area contributed by atoms with Gasteiger partial charge in [-0.3, -0.25) is 14.5 Å². The summed E-state index contributed by atoms with van der Waals surface area (Å²) in [5.74, 6) is 0.247. The Morgan fingerprint density at radius 1 is 0.920 bits per heavy atom. The highest BCUT2D eigenvalue weighted by Crippen LogP contribution is 2.25. The first-order valence-electron chi connectivity index (χ1n) is 8.80. The summed E-state index contributed by atoms with van der Waals surface area (Å²) in [4.78, 5) is 32.0. The van der Waals surface area contributed by atoms with Gasteiger partial charge in [0.15, 0.2) is 0 Å². The monoisotopic (exact) mass is 364 g/mol. The SMILES string of the molecule is CC(=O)N1CCN(C(=O)CN2CCN(c3ccccc3Cl)CC2)CC1. The third-order valence-corrected chi connectivity index (χ3v) is 5.32. The van der Waals surface area contributed by atoms with E-state index >= 15 is 0 Å². The minimum absolute atomic E-state index is 0.0859. The Balaban J connectivity index is 1.45. The minimum atomic E-state index is 0.0859. The molecule has 0 saturated carbocycles. The van der Waals surface area contributed by atoms with Crippen LogP contribution in [0.5, 0.6) is 0 Å². The fourth-order valence-corrected chi connectivity index (χ4v) is 3.67. The lowest BCUT2D eigenvalue weighted by atomic mass is 10.2. The van der Waals surface area contributed by atoms with Crippen molar-refractivity contribution in [2.75, 3.05) is 63.8 Å². The van der Waals surface area contributed by atoms with Crippen LogP contribution < -0.4 is 4.90 Å². The lowest BCUT2D eigenvalue weighted by molar-refractivity contribution is -0.139. The van der Waals surface area contributed by atoms with Crippen molar-refractivity contribution >= 4 is 29.1 Å². The number of carbonyl (C=O) groups is 2. The highest BCUT2D eigenvalue weighted by atomic mass is 35.5. The number of piperazine rings is 2. The molecule has 0 aliphatic carbocycles. The van der Waals surface area contributed by atoms with E-state index in [4.69, 9.17) is 11.6 Å². The van der Waals surface area contributed by atoms with Gasteiger partial charge in [-0.2, -0.15) is 0 Å². The molecule has 2 heterocycles. The lowest BCUT2D eigenvalue weighted by Gasteiger charge is -2.38. The topological polar surface area (TPSA) is 47.1 Å². The summed E-state index contributed by atoms with van der Waals surface area (Å²) >= 11 is 6.27. The van der Waals surface area contributed by atoms with Crippen LogP contribution in [0.1, 0.15) is 6.92 Å². The average Bonchev–Trinajstić information content (AvgIpc) is 2.63. The second-order valence-electron chi connectivity index (χ2n) is 6.60. The Labute approximate surface area is 153 Å². The van der Waals surface area contributed by atoms with E-state index < -0.39 is 0 Å². The zero-order valence-corrected chi connectivity index (χ0v) is 15.4. The van der Waals surface area contributed by atoms with Crippen LogP contribution in [0.3, 0.4) is 0 Å². The molecule has 3 rings (SSSR count). The first kappa shape index (κ1) is 18.0. The van der Waals surface area contributed by atoms with Crippen molar-refractivity contribution in [3.05, 3.63) is 29.3 Å². The maximum absolute atomic E-state index is 12.5. The van der Waals surface area contributed by atoms with Gasteiger partial charge >= 0.3 is 0 Å². The number of carbonyl (C=O) groups excluding carboxylic acids is 2. The number of anilines is 1. The fraction of sp³-hybridized carbons (Fsp3) is 0.556. The van der Waals surface area contributed by atoms with Crippen molar-refractivity contribution in [2.24, 2.45) is 0 Å². The van der Waals surface area contributed by atoms with Crippen LogP contribution in [0.25, 0.3) is 0 Å². The molecule has 2 saturated heterocycles. The Kier molecular flexibility index (Phi) is 5.81. The predicted octanol–water partition coefficient (Wildman–Crippen LogP) is 1.15. The molecule has 136 valence electrons. The highest BCUT2D eigenvalue weighted by molar-refractivity contribution is 6.33. The quantitative estimate of drug-likeness (QED) is 0.807. The van der Waals surface area contributed by atoms with Crippen molar-refractivity contribution in [1.82, 2.24) is 14.7 Å². The van der Waals surface area contributed by atoms with Gasteiger partial charge < -0.3 is 14.7 Å². The number of para-hydroxylation sites is 1. The molecule has 0 N–H and O–H groups in total. The van der Waals surface area contributed by atoms with Gasteiger partial charge in [0.25, 0.3) is 0 Å². The van der Waals surface area contributed by atoms with Crippen molar-refractivity contribution in [3.8, 4) is 0 Å². The van der Waals surface area contributed by atoms with Crippen LogP contribution in [0, 0.1) is 0 Å². The first-order chi connectivity index (χ1) is 12.0. The molecule has 0 spiro atoms. The third kappa shape index (κ3) is 4.44. The molecule has 0 aromatic heterocycles. The second-order valence-corrected chi connectivity index (χ2v) is 7.01. The number of hydrogen-bond acceptors (Lipinski definition) is 4. The lowest BCUT2D eigenvalue weighted by Crippen LogP contribution is -2.54. The number of halogens is 1. The normalized spacial score (nSPS) is 19.2. The van der Waals surface area contributed by atoms with Crippen LogP contribution in [0.15, 0.2) is 24.3 Å². The van der Waals surface area contributed by atoms with Gasteiger partial charge in [-0.25, -0.2) is 0 Å². The van der Waals surface area contributed by atoms with E-state index in [0.29, 0.717) is 32.7 Å². The Morgan fingerprint density at radius 3 is 2.12 bits per heavy atom. The van der Waals surface area contributed by atoms with Crippen LogP contribution >= 0.6 is 11.6 Å². The second kappa shape index (κ2) is 8.06. The predicted molar refractivity (Wildman–Crippen MR) is 98.9 cm³/mol. The maximum Gasteiger partial charge on any atom is 0.236 e. The molecule has 25 heavy (non-hydrogen) atoms. The van der Waals surface area contributed by atoms with E-state index in [1.165, 1.54) is 0 Å². The summed E-state index contributed by atoms with van der Waals surface area (Å²) in [6.07, 6.45) is 0. The van der Waals surface area contributed by atoms with Crippen molar-refractivity contribution in [1.29, 1.82) is 0 Å². The summed E-state index contributed by atoms with van der Waals surface area (Å²) in [5, 5.41) is 0.773. The van der Waals surface area contributed by atoms with Crippen molar-refractivity contribution < 1.29 is 9.59 Å². The molecule has 2 fully saturated rings. The molecule has 0 radical (unpaired) electrons. The van der Waals surface area contributed by atoms with Crippen molar-refractivity contribution in [2.45, 2.75) is 6.92 Å². The molecule has 2 amide bonds. The van der Waals surface area contributed by atoms with E-state index in [1.807, 2.05) is 29.2 Å². The summed E-state index contributed by atoms with van der Waals surface area (Å²) in [5.41, 5.74) is 1.07. The Hall–Kier alpha value is -1.79. The van der Waals surface area contributed by atoms with Gasteiger partial charge in [-0.15, -0.1) is 0 Å². The van der Waals surface area contributed by atoms with E-state index in [2.05, 4.69) is 9.80 Å². The fourth-order valence-electron chi connectivity index (χ4n) is 3.42. The van der Waals surface area contributed by atoms with Gasteiger partial charge in [-0.1, -0.05) is 23.7 Å². The highest BCUT2D eigenvalue weighted by Gasteiger charge is 2.25. The standard InChI is InChI=1S/C18H25ClN4O2/c1-15(24)21-10-12-23(13-11-21)18(25)14-20-6-8-22(9-7-20)17-5-3-2-4-16(17)19/h2-5H,6-14H2,1H3. The maximum atomic E-state index is 12.5. The molecular formula is C18H25ClN4O2. The summed E-state index contributed by atoms with van der Waals surface area (Å²) < 4.78 is 0. The largest absolute Gasteiger partial charge is 0.368 e. The molecule has 2 aliphatic rings. The Bertz CT molecular complexity index is 623. The van der Waals surface area contributed by atoms with Crippen LogP contribution in [0.2, 0.25) is 5.02 Å². The van der Waals surface area contributed by atoms with Gasteiger partial charge in [-0.05, 0) is 12.1 Å². The number of benzene rings is 1. The molecule has 0 unspecified atom stereocenters. The summed E-state index contributed by atoms with van der Waals surface area (Å²) in [6, 6.07) is 7.88. The zero-order valence-electron chi connectivity index (χ0n) is 14.7. The smallest absolute Gasteiger partial charge is 0.236 e. The Morgan fingerprint density at radius 2 is 1.52 bits per heavy atom. The number of hydrogen-bond donors (Lipinski definition) is 0. The van der Waals surface area contributed by atoms with E-state index in [0.717, 1.165) is 36.9 Å². The minimum Gasteiger partial charge on any atom is -0.368 e.